The second kappa shape index (κ2) is 8.46. The molecular weight excluding hydrogens is 392 g/mol. The minimum Gasteiger partial charge on any atom is -0.488 e. The van der Waals surface area contributed by atoms with Crippen LogP contribution in [0.15, 0.2) is 53.3 Å². The summed E-state index contributed by atoms with van der Waals surface area (Å²) in [4.78, 5) is 24.9. The van der Waals surface area contributed by atoms with Gasteiger partial charge in [-0.05, 0) is 49.4 Å². The number of aryl methyl sites for hydroxylation is 1. The van der Waals surface area contributed by atoms with Gasteiger partial charge in [0.1, 0.15) is 11.4 Å². The summed E-state index contributed by atoms with van der Waals surface area (Å²) in [6.45, 7) is 4.21. The van der Waals surface area contributed by atoms with Gasteiger partial charge >= 0.3 is 5.97 Å². The molecule has 0 radical (unpaired) electrons. The van der Waals surface area contributed by atoms with E-state index in [1.807, 2.05) is 42.5 Å². The van der Waals surface area contributed by atoms with Crippen molar-refractivity contribution >= 4 is 5.97 Å². The lowest BCUT2D eigenvalue weighted by atomic mass is 9.87. The van der Waals surface area contributed by atoms with Crippen LogP contribution in [0.2, 0.25) is 0 Å². The number of aromatic nitrogens is 2. The molecule has 4 rings (SSSR count). The third kappa shape index (κ3) is 4.58. The lowest BCUT2D eigenvalue weighted by Crippen LogP contribution is -2.32. The fourth-order valence-corrected chi connectivity index (χ4v) is 4.26. The monoisotopic (exact) mass is 420 g/mol. The van der Waals surface area contributed by atoms with E-state index in [2.05, 4.69) is 30.1 Å². The zero-order valence-electron chi connectivity index (χ0n) is 18.2. The Morgan fingerprint density at radius 2 is 1.94 bits per heavy atom. The third-order valence-corrected chi connectivity index (χ3v) is 5.93. The van der Waals surface area contributed by atoms with Gasteiger partial charge in [-0.3, -0.25) is 14.7 Å². The smallest absolute Gasteiger partial charge is 0.306 e. The lowest BCUT2D eigenvalue weighted by molar-refractivity contribution is -0.140. The van der Waals surface area contributed by atoms with Gasteiger partial charge in [-0.2, -0.15) is 0 Å². The van der Waals surface area contributed by atoms with Crippen molar-refractivity contribution in [2.75, 3.05) is 7.11 Å². The highest BCUT2D eigenvalue weighted by Crippen LogP contribution is 2.34. The molecule has 0 saturated carbocycles. The lowest BCUT2D eigenvalue weighted by Gasteiger charge is -2.32. The van der Waals surface area contributed by atoms with Gasteiger partial charge in [-0.15, -0.1) is 0 Å². The first-order valence-electron chi connectivity index (χ1n) is 10.6. The highest BCUT2D eigenvalue weighted by atomic mass is 16.5. The van der Waals surface area contributed by atoms with Crippen LogP contribution >= 0.6 is 0 Å². The maximum absolute atomic E-state index is 12.8. The molecule has 1 atom stereocenters. The molecule has 1 aliphatic heterocycles. The van der Waals surface area contributed by atoms with Crippen molar-refractivity contribution in [1.29, 1.82) is 0 Å². The molecule has 1 aromatic heterocycles. The van der Waals surface area contributed by atoms with Crippen LogP contribution in [-0.2, 0) is 22.4 Å². The summed E-state index contributed by atoms with van der Waals surface area (Å²) in [5.41, 5.74) is 4.17. The van der Waals surface area contributed by atoms with Crippen molar-refractivity contribution in [3.8, 4) is 5.75 Å². The fraction of sp³-hybridized carbons (Fsp3) is 0.360. The molecule has 162 valence electrons. The van der Waals surface area contributed by atoms with E-state index in [0.717, 1.165) is 35.4 Å². The molecule has 31 heavy (non-hydrogen) atoms. The van der Waals surface area contributed by atoms with E-state index in [1.54, 1.807) is 0 Å². The normalized spacial score (nSPS) is 15.6. The molecule has 2 heterocycles. The Morgan fingerprint density at radius 3 is 2.68 bits per heavy atom. The van der Waals surface area contributed by atoms with Crippen molar-refractivity contribution < 1.29 is 14.3 Å². The first-order valence-corrected chi connectivity index (χ1v) is 10.6. The predicted molar refractivity (Wildman–Crippen MR) is 119 cm³/mol. The Balaban J connectivity index is 1.67. The van der Waals surface area contributed by atoms with Gasteiger partial charge in [0.05, 0.1) is 13.5 Å². The molecule has 6 heteroatoms. The number of carbonyl (C=O) groups is 1. The molecule has 0 unspecified atom stereocenters. The highest BCUT2D eigenvalue weighted by Gasteiger charge is 2.28. The van der Waals surface area contributed by atoms with E-state index in [-0.39, 0.29) is 29.5 Å². The molecule has 3 aromatic rings. The van der Waals surface area contributed by atoms with Gasteiger partial charge in [-0.25, -0.2) is 0 Å². The summed E-state index contributed by atoms with van der Waals surface area (Å²) in [6, 6.07) is 15.8. The number of rotatable bonds is 6. The fourth-order valence-electron chi connectivity index (χ4n) is 4.26. The summed E-state index contributed by atoms with van der Waals surface area (Å²) < 4.78 is 11.0. The Labute approximate surface area is 181 Å². The molecule has 2 aromatic carbocycles. The zero-order valence-corrected chi connectivity index (χ0v) is 18.2. The van der Waals surface area contributed by atoms with Crippen LogP contribution in [0, 0.1) is 0 Å². The number of fused-ring (bicyclic) bond motifs is 1. The molecule has 0 saturated heterocycles. The average molecular weight is 421 g/mol. The molecule has 6 nitrogen and oxygen atoms in total. The van der Waals surface area contributed by atoms with Crippen LogP contribution in [0.1, 0.15) is 60.6 Å². The van der Waals surface area contributed by atoms with Crippen molar-refractivity contribution in [3.05, 3.63) is 86.8 Å². The Bertz CT molecular complexity index is 1130. The van der Waals surface area contributed by atoms with Crippen LogP contribution < -0.4 is 10.3 Å². The maximum atomic E-state index is 12.8. The summed E-state index contributed by atoms with van der Waals surface area (Å²) in [6.07, 6.45) is 2.57. The maximum Gasteiger partial charge on any atom is 0.306 e. The van der Waals surface area contributed by atoms with Gasteiger partial charge in [0.25, 0.3) is 5.56 Å². The predicted octanol–water partition coefficient (Wildman–Crippen LogP) is 4.09. The number of methoxy groups -OCH3 is 1. The summed E-state index contributed by atoms with van der Waals surface area (Å²) >= 11 is 0. The van der Waals surface area contributed by atoms with E-state index in [1.165, 1.54) is 12.7 Å². The average Bonchev–Trinajstić information content (AvgIpc) is 3.11. The zero-order chi connectivity index (χ0) is 22.0. The first-order chi connectivity index (χ1) is 14.9. The van der Waals surface area contributed by atoms with E-state index >= 15 is 0 Å². The van der Waals surface area contributed by atoms with E-state index in [4.69, 9.17) is 9.47 Å². The van der Waals surface area contributed by atoms with Gasteiger partial charge in [0.15, 0.2) is 0 Å². The van der Waals surface area contributed by atoms with Gasteiger partial charge in [-0.1, -0.05) is 42.5 Å². The topological polar surface area (TPSA) is 84.2 Å². The van der Waals surface area contributed by atoms with Crippen LogP contribution in [0.3, 0.4) is 0 Å². The number of benzene rings is 2. The molecule has 1 aliphatic rings. The van der Waals surface area contributed by atoms with Crippen LogP contribution in [0.4, 0.5) is 0 Å². The summed E-state index contributed by atoms with van der Waals surface area (Å²) in [7, 11) is 1.36. The standard InChI is InChI=1S/C25H28N2O4/c1-25(2)12-11-18-13-16(9-10-21(18)31-25)14-20-23(24(29)27-26-20)19(15-22(28)30-3)17-7-5-4-6-8-17/h4-10,13,19H,11-12,14-15H2,1-3H3,(H2,26,27,29)/t19-/m0/s1. The molecule has 0 fully saturated rings. The molecule has 2 N–H and O–H groups in total. The van der Waals surface area contributed by atoms with Crippen LogP contribution in [0.5, 0.6) is 5.75 Å². The SMILES string of the molecule is COC(=O)C[C@@H](c1ccccc1)c1c(Cc2ccc3c(c2)CCC(C)(C)O3)[nH][nH]c1=O. The quantitative estimate of drug-likeness (QED) is 0.588. The number of hydrogen-bond donors (Lipinski definition) is 2. The second-order valence-electron chi connectivity index (χ2n) is 8.70. The van der Waals surface area contributed by atoms with Gasteiger partial charge in [0, 0.05) is 23.6 Å². The van der Waals surface area contributed by atoms with Crippen molar-refractivity contribution in [1.82, 2.24) is 10.2 Å². The van der Waals surface area contributed by atoms with Gasteiger partial charge in [0.2, 0.25) is 0 Å². The summed E-state index contributed by atoms with van der Waals surface area (Å²) in [5, 5.41) is 5.75. The number of nitrogens with one attached hydrogen (secondary N) is 2. The number of hydrogen-bond acceptors (Lipinski definition) is 4. The first kappa shape index (κ1) is 21.0. The molecular formula is C25H28N2O4. The number of H-pyrrole nitrogens is 2. The largest absolute Gasteiger partial charge is 0.488 e. The summed E-state index contributed by atoms with van der Waals surface area (Å²) in [5.74, 6) is 0.185. The molecule has 0 aliphatic carbocycles. The van der Waals surface area contributed by atoms with Crippen molar-refractivity contribution in [2.45, 2.75) is 51.0 Å². The van der Waals surface area contributed by atoms with Crippen molar-refractivity contribution in [2.24, 2.45) is 0 Å². The minimum atomic E-state index is -0.389. The number of ether oxygens (including phenoxy) is 2. The van der Waals surface area contributed by atoms with Crippen molar-refractivity contribution in [3.63, 3.8) is 0 Å². The molecule has 0 amide bonds. The van der Waals surface area contributed by atoms with Crippen LogP contribution in [0.25, 0.3) is 0 Å². The van der Waals surface area contributed by atoms with Gasteiger partial charge < -0.3 is 14.6 Å². The Hall–Kier alpha value is -3.28. The minimum absolute atomic E-state index is 0.0988. The highest BCUT2D eigenvalue weighted by molar-refractivity contribution is 5.71. The molecule has 0 bridgehead atoms. The van der Waals surface area contributed by atoms with E-state index in [9.17, 15) is 9.59 Å². The Morgan fingerprint density at radius 1 is 1.16 bits per heavy atom. The molecule has 0 spiro atoms. The van der Waals surface area contributed by atoms with E-state index < -0.39 is 0 Å². The third-order valence-electron chi connectivity index (χ3n) is 5.93. The van der Waals surface area contributed by atoms with E-state index in [0.29, 0.717) is 12.0 Å². The van der Waals surface area contributed by atoms with Crippen LogP contribution in [-0.4, -0.2) is 28.9 Å². The second-order valence-corrected chi connectivity index (χ2v) is 8.70. The number of esters is 1. The number of carbonyl (C=O) groups excluding carboxylic acids is 1. The Kier molecular flexibility index (Phi) is 5.72. The number of aromatic amines is 2.